The lowest BCUT2D eigenvalue weighted by Gasteiger charge is -2.27. The van der Waals surface area contributed by atoms with E-state index < -0.39 is 17.5 Å². The van der Waals surface area contributed by atoms with Crippen LogP contribution in [0.2, 0.25) is 0 Å². The molecule has 0 spiro atoms. The Bertz CT molecular complexity index is 318. The molecule has 0 aromatic rings. The molecule has 5 heteroatoms. The Hall–Kier alpha value is -1.78. The molecule has 0 fully saturated rings. The zero-order chi connectivity index (χ0) is 10.1. The lowest BCUT2D eigenvalue weighted by Crippen LogP contribution is -2.51. The molecule has 13 heavy (non-hydrogen) atoms. The molecule has 0 aromatic heterocycles. The van der Waals surface area contributed by atoms with Crippen LogP contribution in [0.25, 0.3) is 0 Å². The third-order valence-electron chi connectivity index (χ3n) is 1.93. The van der Waals surface area contributed by atoms with Gasteiger partial charge in [0.05, 0.1) is 5.57 Å². The summed E-state index contributed by atoms with van der Waals surface area (Å²) in [5.41, 5.74) is -1.72. The van der Waals surface area contributed by atoms with Gasteiger partial charge in [-0.05, 0) is 25.3 Å². The van der Waals surface area contributed by atoms with E-state index in [0.717, 1.165) is 0 Å². The molecule has 1 aliphatic heterocycles. The Morgan fingerprint density at radius 2 is 2.08 bits per heavy atom. The average Bonchev–Trinajstić information content (AvgIpc) is 2.04. The van der Waals surface area contributed by atoms with E-state index in [2.05, 4.69) is 5.32 Å². The maximum absolute atomic E-state index is 10.8. The molecule has 0 radical (unpaired) electrons. The highest BCUT2D eigenvalue weighted by Crippen LogP contribution is 2.20. The number of nitrogens with one attached hydrogen (secondary N) is 1. The summed E-state index contributed by atoms with van der Waals surface area (Å²) in [6, 6.07) is 0. The minimum atomic E-state index is -1.54. The van der Waals surface area contributed by atoms with Crippen LogP contribution < -0.4 is 5.32 Å². The number of carbonyl (C=O) groups is 2. The van der Waals surface area contributed by atoms with Gasteiger partial charge >= 0.3 is 11.9 Å². The van der Waals surface area contributed by atoms with Gasteiger partial charge in [-0.3, -0.25) is 0 Å². The second-order valence-corrected chi connectivity index (χ2v) is 2.82. The zero-order valence-corrected chi connectivity index (χ0v) is 6.94. The van der Waals surface area contributed by atoms with Gasteiger partial charge in [0.1, 0.15) is 0 Å². The molecule has 1 heterocycles. The second kappa shape index (κ2) is 2.93. The quantitative estimate of drug-likeness (QED) is 0.559. The van der Waals surface area contributed by atoms with Crippen molar-refractivity contribution in [1.82, 2.24) is 5.32 Å². The number of carboxylic acid groups (broad SMARTS) is 2. The molecule has 0 saturated heterocycles. The van der Waals surface area contributed by atoms with Crippen molar-refractivity contribution in [3.63, 3.8) is 0 Å². The van der Waals surface area contributed by atoms with Crippen molar-refractivity contribution in [2.24, 2.45) is 0 Å². The topological polar surface area (TPSA) is 86.6 Å². The lowest BCUT2D eigenvalue weighted by molar-refractivity contribution is -0.145. The van der Waals surface area contributed by atoms with E-state index in [9.17, 15) is 9.59 Å². The molecular weight excluding hydrogens is 174 g/mol. The molecule has 1 unspecified atom stereocenters. The van der Waals surface area contributed by atoms with E-state index >= 15 is 0 Å². The van der Waals surface area contributed by atoms with Crippen molar-refractivity contribution in [1.29, 1.82) is 0 Å². The Kier molecular flexibility index (Phi) is 2.10. The van der Waals surface area contributed by atoms with Crippen LogP contribution in [0, 0.1) is 0 Å². The molecule has 1 rings (SSSR count). The molecule has 3 N–H and O–H groups in total. The molecular formula is C8H9NO4. The monoisotopic (exact) mass is 183 g/mol. The van der Waals surface area contributed by atoms with Crippen molar-refractivity contribution in [3.05, 3.63) is 23.9 Å². The van der Waals surface area contributed by atoms with Crippen molar-refractivity contribution >= 4 is 11.9 Å². The Morgan fingerprint density at radius 3 is 2.46 bits per heavy atom. The first kappa shape index (κ1) is 9.31. The minimum Gasteiger partial charge on any atom is -0.479 e. The predicted molar refractivity (Wildman–Crippen MR) is 44.0 cm³/mol. The highest BCUT2D eigenvalue weighted by atomic mass is 16.4. The van der Waals surface area contributed by atoms with E-state index in [1.54, 1.807) is 0 Å². The summed E-state index contributed by atoms with van der Waals surface area (Å²) in [6.45, 7) is 1.30. The van der Waals surface area contributed by atoms with Crippen LogP contribution in [-0.2, 0) is 9.59 Å². The summed E-state index contributed by atoms with van der Waals surface area (Å²) in [5.74, 6) is -2.45. The summed E-state index contributed by atoms with van der Waals surface area (Å²) in [4.78, 5) is 21.5. The first-order valence-corrected chi connectivity index (χ1v) is 3.60. The van der Waals surface area contributed by atoms with Gasteiger partial charge in [0.15, 0.2) is 5.54 Å². The van der Waals surface area contributed by atoms with Crippen LogP contribution >= 0.6 is 0 Å². The van der Waals surface area contributed by atoms with Crippen molar-refractivity contribution < 1.29 is 19.8 Å². The summed E-state index contributed by atoms with van der Waals surface area (Å²) in [5, 5.41) is 20.0. The normalized spacial score (nSPS) is 26.1. The van der Waals surface area contributed by atoms with Gasteiger partial charge in [0.2, 0.25) is 0 Å². The number of aliphatic carboxylic acids is 2. The van der Waals surface area contributed by atoms with Crippen LogP contribution in [0.3, 0.4) is 0 Å². The number of hydrogen-bond acceptors (Lipinski definition) is 3. The smallest absolute Gasteiger partial charge is 0.334 e. The standard InChI is InChI=1S/C8H9NO4/c1-8(7(12)13)5(6(10)11)3-2-4-9-8/h2-4,9H,1H3,(H,10,11)(H,12,13). The fourth-order valence-electron chi connectivity index (χ4n) is 1.07. The molecule has 1 atom stereocenters. The highest BCUT2D eigenvalue weighted by Gasteiger charge is 2.40. The number of dihydropyridines is 1. The van der Waals surface area contributed by atoms with Gasteiger partial charge in [-0.1, -0.05) is 0 Å². The number of hydrogen-bond donors (Lipinski definition) is 3. The molecule has 1 aliphatic rings. The Morgan fingerprint density at radius 1 is 1.46 bits per heavy atom. The first-order chi connectivity index (χ1) is 5.98. The number of rotatable bonds is 2. The van der Waals surface area contributed by atoms with Gasteiger partial charge in [-0.25, -0.2) is 9.59 Å². The van der Waals surface area contributed by atoms with Gasteiger partial charge in [0, 0.05) is 0 Å². The van der Waals surface area contributed by atoms with Crippen LogP contribution in [-0.4, -0.2) is 27.7 Å². The predicted octanol–water partition coefficient (Wildman–Crippen LogP) is -0.0424. The molecule has 0 saturated carbocycles. The minimum absolute atomic E-state index is 0.178. The van der Waals surface area contributed by atoms with Gasteiger partial charge < -0.3 is 15.5 Å². The van der Waals surface area contributed by atoms with Crippen LogP contribution in [0.15, 0.2) is 23.9 Å². The largest absolute Gasteiger partial charge is 0.479 e. The Labute approximate surface area is 74.4 Å². The molecule has 0 aromatic carbocycles. The molecule has 70 valence electrons. The average molecular weight is 183 g/mol. The molecule has 0 aliphatic carbocycles. The zero-order valence-electron chi connectivity index (χ0n) is 6.94. The number of allylic oxidation sites excluding steroid dienone is 2. The van der Waals surface area contributed by atoms with Gasteiger partial charge in [0.25, 0.3) is 0 Å². The van der Waals surface area contributed by atoms with E-state index in [1.165, 1.54) is 25.3 Å². The first-order valence-electron chi connectivity index (χ1n) is 3.60. The van der Waals surface area contributed by atoms with Crippen LogP contribution in [0.5, 0.6) is 0 Å². The fraction of sp³-hybridized carbons (Fsp3) is 0.250. The van der Waals surface area contributed by atoms with Crippen molar-refractivity contribution in [2.75, 3.05) is 0 Å². The number of carboxylic acids is 2. The Balaban J connectivity index is 3.13. The summed E-state index contributed by atoms with van der Waals surface area (Å²) in [7, 11) is 0. The maximum Gasteiger partial charge on any atom is 0.334 e. The maximum atomic E-state index is 10.8. The second-order valence-electron chi connectivity index (χ2n) is 2.82. The SMILES string of the molecule is CC1(C(=O)O)NC=CC=C1C(=O)O. The third-order valence-corrected chi connectivity index (χ3v) is 1.93. The lowest BCUT2D eigenvalue weighted by atomic mass is 9.90. The fourth-order valence-corrected chi connectivity index (χ4v) is 1.07. The van der Waals surface area contributed by atoms with Gasteiger partial charge in [-0.2, -0.15) is 0 Å². The van der Waals surface area contributed by atoms with Crippen LogP contribution in [0.1, 0.15) is 6.92 Å². The summed E-state index contributed by atoms with van der Waals surface area (Å²) in [6.07, 6.45) is 4.13. The molecule has 5 nitrogen and oxygen atoms in total. The van der Waals surface area contributed by atoms with E-state index in [4.69, 9.17) is 10.2 Å². The van der Waals surface area contributed by atoms with Crippen LogP contribution in [0.4, 0.5) is 0 Å². The van der Waals surface area contributed by atoms with E-state index in [-0.39, 0.29) is 5.57 Å². The summed E-state index contributed by atoms with van der Waals surface area (Å²) < 4.78 is 0. The van der Waals surface area contributed by atoms with Gasteiger partial charge in [-0.15, -0.1) is 0 Å². The molecule has 0 bridgehead atoms. The third kappa shape index (κ3) is 1.40. The highest BCUT2D eigenvalue weighted by molar-refractivity contribution is 5.99. The van der Waals surface area contributed by atoms with E-state index in [0.29, 0.717) is 0 Å². The van der Waals surface area contributed by atoms with E-state index in [1.807, 2.05) is 0 Å². The van der Waals surface area contributed by atoms with Crippen molar-refractivity contribution in [3.8, 4) is 0 Å². The van der Waals surface area contributed by atoms with Crippen molar-refractivity contribution in [2.45, 2.75) is 12.5 Å². The summed E-state index contributed by atoms with van der Waals surface area (Å²) >= 11 is 0. The molecule has 0 amide bonds.